The minimum Gasteiger partial charge on any atom is -0.480 e. The lowest BCUT2D eigenvalue weighted by Gasteiger charge is -2.21. The smallest absolute Gasteiger partial charge is 0.257 e. The fourth-order valence-corrected chi connectivity index (χ4v) is 1.67. The minimum absolute atomic E-state index is 0.0379. The molecule has 0 radical (unpaired) electrons. The monoisotopic (exact) mass is 265 g/mol. The number of hydrogen-bond donors (Lipinski definition) is 2. The molecule has 0 bridgehead atoms. The van der Waals surface area contributed by atoms with Crippen molar-refractivity contribution in [3.8, 4) is 5.88 Å². The molecule has 1 rings (SSSR count). The number of carbonyl (C=O) groups is 2. The van der Waals surface area contributed by atoms with Crippen LogP contribution in [0.1, 0.15) is 30.6 Å². The molecular formula is C13H19N3O3. The van der Waals surface area contributed by atoms with Gasteiger partial charge in [0.15, 0.2) is 0 Å². The van der Waals surface area contributed by atoms with Crippen molar-refractivity contribution < 1.29 is 14.3 Å². The van der Waals surface area contributed by atoms with Gasteiger partial charge >= 0.3 is 0 Å². The molecule has 2 amide bonds. The summed E-state index contributed by atoms with van der Waals surface area (Å²) in [5.74, 6) is -0.795. The van der Waals surface area contributed by atoms with Gasteiger partial charge in [0.25, 0.3) is 5.91 Å². The lowest BCUT2D eigenvalue weighted by molar-refractivity contribution is -0.120. The highest BCUT2D eigenvalue weighted by molar-refractivity contribution is 5.99. The highest BCUT2D eigenvalue weighted by atomic mass is 16.5. The van der Waals surface area contributed by atoms with Crippen molar-refractivity contribution in [2.24, 2.45) is 11.7 Å². The normalized spacial score (nSPS) is 13.4. The largest absolute Gasteiger partial charge is 0.480 e. The van der Waals surface area contributed by atoms with Crippen LogP contribution in [0.15, 0.2) is 18.3 Å². The number of carbonyl (C=O) groups excluding carboxylic acids is 2. The van der Waals surface area contributed by atoms with Gasteiger partial charge in [-0.05, 0) is 18.1 Å². The second-order valence-electron chi connectivity index (χ2n) is 4.30. The highest BCUT2D eigenvalue weighted by Gasteiger charge is 2.25. The molecule has 6 nitrogen and oxygen atoms in total. The topological polar surface area (TPSA) is 94.3 Å². The summed E-state index contributed by atoms with van der Waals surface area (Å²) in [6, 6.07) is 2.50. The summed E-state index contributed by atoms with van der Waals surface area (Å²) in [5, 5.41) is 2.62. The molecule has 1 aromatic rings. The van der Waals surface area contributed by atoms with Crippen molar-refractivity contribution in [3.05, 3.63) is 23.9 Å². The van der Waals surface area contributed by atoms with E-state index in [-0.39, 0.29) is 17.4 Å². The average Bonchev–Trinajstić information content (AvgIpc) is 2.43. The van der Waals surface area contributed by atoms with Crippen LogP contribution in [0.2, 0.25) is 0 Å². The third-order valence-corrected chi connectivity index (χ3v) is 3.02. The Hall–Kier alpha value is -2.11. The van der Waals surface area contributed by atoms with Gasteiger partial charge in [0.05, 0.1) is 7.11 Å². The molecule has 0 spiro atoms. The number of primary amides is 1. The van der Waals surface area contributed by atoms with E-state index < -0.39 is 17.9 Å². The second kappa shape index (κ2) is 6.72. The van der Waals surface area contributed by atoms with Crippen molar-refractivity contribution in [1.82, 2.24) is 10.3 Å². The molecule has 2 unspecified atom stereocenters. The van der Waals surface area contributed by atoms with Crippen LogP contribution in [0.4, 0.5) is 0 Å². The van der Waals surface area contributed by atoms with Crippen LogP contribution in [-0.2, 0) is 4.79 Å². The van der Waals surface area contributed by atoms with Crippen molar-refractivity contribution in [2.45, 2.75) is 26.3 Å². The van der Waals surface area contributed by atoms with E-state index in [1.807, 2.05) is 13.8 Å². The van der Waals surface area contributed by atoms with Crippen LogP contribution in [-0.4, -0.2) is 29.9 Å². The SMILES string of the molecule is CCC(C)C(NC(=O)c1cccnc1OC)C(N)=O. The van der Waals surface area contributed by atoms with E-state index in [1.54, 1.807) is 12.1 Å². The molecule has 0 aliphatic rings. The summed E-state index contributed by atoms with van der Waals surface area (Å²) in [7, 11) is 1.43. The van der Waals surface area contributed by atoms with Gasteiger partial charge < -0.3 is 15.8 Å². The van der Waals surface area contributed by atoms with Gasteiger partial charge in [-0.1, -0.05) is 20.3 Å². The lowest BCUT2D eigenvalue weighted by Crippen LogP contribution is -2.48. The number of hydrogen-bond acceptors (Lipinski definition) is 4. The minimum atomic E-state index is -0.706. The van der Waals surface area contributed by atoms with E-state index >= 15 is 0 Å². The molecule has 0 aromatic carbocycles. The number of rotatable bonds is 6. The average molecular weight is 265 g/mol. The van der Waals surface area contributed by atoms with E-state index in [0.717, 1.165) is 6.42 Å². The molecule has 0 aliphatic carbocycles. The van der Waals surface area contributed by atoms with Gasteiger partial charge in [-0.2, -0.15) is 0 Å². The molecule has 0 fully saturated rings. The Balaban J connectivity index is 2.91. The molecule has 1 heterocycles. The fraction of sp³-hybridized carbons (Fsp3) is 0.462. The van der Waals surface area contributed by atoms with Crippen LogP contribution < -0.4 is 15.8 Å². The van der Waals surface area contributed by atoms with Gasteiger partial charge in [0, 0.05) is 6.20 Å². The molecule has 0 saturated heterocycles. The van der Waals surface area contributed by atoms with E-state index in [2.05, 4.69) is 10.3 Å². The summed E-state index contributed by atoms with van der Waals surface area (Å²) >= 11 is 0. The number of nitrogens with one attached hydrogen (secondary N) is 1. The molecule has 2 atom stereocenters. The molecule has 0 aliphatic heterocycles. The Bertz CT molecular complexity index is 462. The molecule has 3 N–H and O–H groups in total. The van der Waals surface area contributed by atoms with Crippen LogP contribution in [0.25, 0.3) is 0 Å². The molecule has 6 heteroatoms. The third-order valence-electron chi connectivity index (χ3n) is 3.02. The van der Waals surface area contributed by atoms with E-state index in [0.29, 0.717) is 0 Å². The summed E-state index contributed by atoms with van der Waals surface area (Å²) in [5.41, 5.74) is 5.59. The van der Waals surface area contributed by atoms with Crippen LogP contribution in [0.5, 0.6) is 5.88 Å². The van der Waals surface area contributed by atoms with Gasteiger partial charge in [-0.3, -0.25) is 9.59 Å². The molecule has 0 saturated carbocycles. The van der Waals surface area contributed by atoms with Crippen molar-refractivity contribution >= 4 is 11.8 Å². The predicted molar refractivity (Wildman–Crippen MR) is 70.7 cm³/mol. The Morgan fingerprint density at radius 2 is 2.21 bits per heavy atom. The maximum Gasteiger partial charge on any atom is 0.257 e. The van der Waals surface area contributed by atoms with E-state index in [1.165, 1.54) is 13.3 Å². The van der Waals surface area contributed by atoms with Gasteiger partial charge in [-0.15, -0.1) is 0 Å². The first-order valence-corrected chi connectivity index (χ1v) is 6.10. The number of amides is 2. The molecule has 104 valence electrons. The maximum atomic E-state index is 12.1. The Labute approximate surface area is 112 Å². The zero-order valence-corrected chi connectivity index (χ0v) is 11.3. The third kappa shape index (κ3) is 3.67. The number of methoxy groups -OCH3 is 1. The Morgan fingerprint density at radius 1 is 1.53 bits per heavy atom. The summed E-state index contributed by atoms with van der Waals surface area (Å²) in [4.78, 5) is 27.4. The first kappa shape index (κ1) is 14.9. The molecule has 1 aromatic heterocycles. The highest BCUT2D eigenvalue weighted by Crippen LogP contribution is 2.15. The maximum absolute atomic E-state index is 12.1. The Morgan fingerprint density at radius 3 is 2.74 bits per heavy atom. The van der Waals surface area contributed by atoms with Crippen LogP contribution in [0.3, 0.4) is 0 Å². The zero-order chi connectivity index (χ0) is 14.4. The standard InChI is InChI=1S/C13H19N3O3/c1-4-8(2)10(11(14)17)16-12(18)9-6-5-7-15-13(9)19-3/h5-8,10H,4H2,1-3H3,(H2,14,17)(H,16,18). The van der Waals surface area contributed by atoms with Crippen LogP contribution >= 0.6 is 0 Å². The number of nitrogens with zero attached hydrogens (tertiary/aromatic N) is 1. The zero-order valence-electron chi connectivity index (χ0n) is 11.3. The summed E-state index contributed by atoms with van der Waals surface area (Å²) in [6.45, 7) is 3.79. The fourth-order valence-electron chi connectivity index (χ4n) is 1.67. The van der Waals surface area contributed by atoms with Gasteiger partial charge in [0.1, 0.15) is 11.6 Å². The van der Waals surface area contributed by atoms with E-state index in [9.17, 15) is 9.59 Å². The number of ether oxygens (including phenoxy) is 1. The first-order valence-electron chi connectivity index (χ1n) is 6.10. The predicted octanol–water partition coefficient (Wildman–Crippen LogP) is 0.720. The summed E-state index contributed by atoms with van der Waals surface area (Å²) in [6.07, 6.45) is 2.26. The second-order valence-corrected chi connectivity index (χ2v) is 4.30. The van der Waals surface area contributed by atoms with Crippen LogP contribution in [0, 0.1) is 5.92 Å². The van der Waals surface area contributed by atoms with Gasteiger partial charge in [0.2, 0.25) is 11.8 Å². The number of aromatic nitrogens is 1. The van der Waals surface area contributed by atoms with Crippen molar-refractivity contribution in [1.29, 1.82) is 0 Å². The summed E-state index contributed by atoms with van der Waals surface area (Å²) < 4.78 is 5.01. The Kier molecular flexibility index (Phi) is 5.29. The van der Waals surface area contributed by atoms with Crippen molar-refractivity contribution in [2.75, 3.05) is 7.11 Å². The quantitative estimate of drug-likeness (QED) is 0.792. The molecular weight excluding hydrogens is 246 g/mol. The van der Waals surface area contributed by atoms with Gasteiger partial charge in [-0.25, -0.2) is 4.98 Å². The molecule has 19 heavy (non-hydrogen) atoms. The number of pyridine rings is 1. The van der Waals surface area contributed by atoms with Crippen molar-refractivity contribution in [3.63, 3.8) is 0 Å². The first-order chi connectivity index (χ1) is 9.01. The lowest BCUT2D eigenvalue weighted by atomic mass is 9.98. The van der Waals surface area contributed by atoms with E-state index in [4.69, 9.17) is 10.5 Å². The number of nitrogens with two attached hydrogens (primary N) is 1.